The zero-order valence-corrected chi connectivity index (χ0v) is 17.7. The van der Waals surface area contributed by atoms with Crippen molar-refractivity contribution in [2.24, 2.45) is 5.92 Å². The number of anilines is 1. The Kier molecular flexibility index (Phi) is 5.85. The maximum absolute atomic E-state index is 12.5. The van der Waals surface area contributed by atoms with Gasteiger partial charge in [0.15, 0.2) is 0 Å². The van der Waals surface area contributed by atoms with Gasteiger partial charge in [0, 0.05) is 49.4 Å². The molecule has 0 radical (unpaired) electrons. The minimum atomic E-state index is 0.186. The molecule has 6 heteroatoms. The molecule has 3 aliphatic rings. The second-order valence-corrected chi connectivity index (χ2v) is 9.22. The van der Waals surface area contributed by atoms with Crippen LogP contribution in [0.2, 0.25) is 0 Å². The summed E-state index contributed by atoms with van der Waals surface area (Å²) in [6.07, 6.45) is 6.83. The first kappa shape index (κ1) is 19.6. The van der Waals surface area contributed by atoms with Crippen molar-refractivity contribution < 1.29 is 4.79 Å². The molecule has 0 aromatic carbocycles. The smallest absolute Gasteiger partial charge is 0.224 e. The molecule has 2 saturated heterocycles. The van der Waals surface area contributed by atoms with Crippen LogP contribution < -0.4 is 10.2 Å². The van der Waals surface area contributed by atoms with Gasteiger partial charge in [0.1, 0.15) is 11.6 Å². The number of nitrogens with zero attached hydrogens (tertiary/aromatic N) is 4. The molecule has 1 atom stereocenters. The van der Waals surface area contributed by atoms with Gasteiger partial charge in [-0.25, -0.2) is 9.97 Å². The number of amides is 1. The van der Waals surface area contributed by atoms with Crippen molar-refractivity contribution in [3.05, 3.63) is 17.6 Å². The number of aryl methyl sites for hydroxylation is 1. The molecule has 0 bridgehead atoms. The predicted octanol–water partition coefficient (Wildman–Crippen LogP) is 2.87. The minimum absolute atomic E-state index is 0.186. The van der Waals surface area contributed by atoms with Gasteiger partial charge < -0.3 is 10.2 Å². The van der Waals surface area contributed by atoms with Gasteiger partial charge in [0.2, 0.25) is 5.91 Å². The Hall–Kier alpha value is -1.69. The van der Waals surface area contributed by atoms with E-state index in [-0.39, 0.29) is 5.92 Å². The quantitative estimate of drug-likeness (QED) is 0.844. The molecule has 2 aliphatic heterocycles. The number of likely N-dealkylation sites (tertiary alicyclic amines) is 1. The summed E-state index contributed by atoms with van der Waals surface area (Å²) in [6, 6.07) is 3.18. The van der Waals surface area contributed by atoms with Crippen LogP contribution in [0.3, 0.4) is 0 Å². The fraction of sp³-hybridized carbons (Fsp3) is 0.773. The van der Waals surface area contributed by atoms with Crippen molar-refractivity contribution in [3.8, 4) is 0 Å². The van der Waals surface area contributed by atoms with E-state index in [1.165, 1.54) is 12.8 Å². The Morgan fingerprint density at radius 3 is 2.54 bits per heavy atom. The average Bonchev–Trinajstić information content (AvgIpc) is 3.51. The number of hydrogen-bond donors (Lipinski definition) is 1. The largest absolute Gasteiger partial charge is 0.356 e. The summed E-state index contributed by atoms with van der Waals surface area (Å²) in [4.78, 5) is 26.9. The molecular formula is C22H35N5O. The molecule has 1 aromatic rings. The van der Waals surface area contributed by atoms with Gasteiger partial charge >= 0.3 is 0 Å². The number of rotatable bonds is 5. The van der Waals surface area contributed by atoms with E-state index in [0.29, 0.717) is 23.9 Å². The van der Waals surface area contributed by atoms with Crippen LogP contribution >= 0.6 is 0 Å². The Labute approximate surface area is 169 Å². The van der Waals surface area contributed by atoms with Gasteiger partial charge in [-0.1, -0.05) is 13.8 Å². The lowest BCUT2D eigenvalue weighted by Gasteiger charge is -2.42. The molecular weight excluding hydrogens is 350 g/mol. The van der Waals surface area contributed by atoms with Crippen LogP contribution in [0, 0.1) is 12.8 Å². The zero-order chi connectivity index (χ0) is 19.7. The summed E-state index contributed by atoms with van der Waals surface area (Å²) in [6.45, 7) is 10.5. The molecule has 6 nitrogen and oxygen atoms in total. The predicted molar refractivity (Wildman–Crippen MR) is 112 cm³/mol. The second-order valence-electron chi connectivity index (χ2n) is 9.22. The average molecular weight is 386 g/mol. The standard InChI is InChI=1S/C22H35N5O/c1-15(2)21-23-16(3)13-20(25-21)26-11-8-19(9-12-26)27-10-4-5-17(14-27)22(28)24-18-6-7-18/h13,15,17-19H,4-12,14H2,1-3H3,(H,24,28)/t17-/m1/s1. The molecule has 0 unspecified atom stereocenters. The first-order valence-corrected chi connectivity index (χ1v) is 11.1. The number of piperidine rings is 2. The molecule has 1 N–H and O–H groups in total. The monoisotopic (exact) mass is 385 g/mol. The lowest BCUT2D eigenvalue weighted by molar-refractivity contribution is -0.127. The highest BCUT2D eigenvalue weighted by atomic mass is 16.2. The van der Waals surface area contributed by atoms with Crippen molar-refractivity contribution in [3.63, 3.8) is 0 Å². The van der Waals surface area contributed by atoms with Gasteiger partial charge in [-0.15, -0.1) is 0 Å². The SMILES string of the molecule is Cc1cc(N2CCC(N3CCC[C@@H](C(=O)NC4CC4)C3)CC2)nc(C(C)C)n1. The molecule has 1 amide bonds. The first-order valence-electron chi connectivity index (χ1n) is 11.1. The number of hydrogen-bond acceptors (Lipinski definition) is 5. The van der Waals surface area contributed by atoms with Crippen molar-refractivity contribution in [2.45, 2.75) is 77.3 Å². The van der Waals surface area contributed by atoms with Gasteiger partial charge in [-0.05, 0) is 52.0 Å². The van der Waals surface area contributed by atoms with Crippen molar-refractivity contribution in [1.29, 1.82) is 0 Å². The number of aromatic nitrogens is 2. The number of nitrogens with one attached hydrogen (secondary N) is 1. The van der Waals surface area contributed by atoms with E-state index >= 15 is 0 Å². The van der Waals surface area contributed by atoms with E-state index in [2.05, 4.69) is 46.9 Å². The molecule has 154 valence electrons. The van der Waals surface area contributed by atoms with E-state index < -0.39 is 0 Å². The van der Waals surface area contributed by atoms with Crippen LogP contribution in [0.4, 0.5) is 5.82 Å². The van der Waals surface area contributed by atoms with Crippen LogP contribution in [-0.4, -0.2) is 59.0 Å². The lowest BCUT2D eigenvalue weighted by atomic mass is 9.93. The summed E-state index contributed by atoms with van der Waals surface area (Å²) in [5.74, 6) is 2.85. The molecule has 3 fully saturated rings. The Bertz CT molecular complexity index is 694. The highest BCUT2D eigenvalue weighted by Gasteiger charge is 2.34. The molecule has 1 aromatic heterocycles. The summed E-state index contributed by atoms with van der Waals surface area (Å²) in [5.41, 5.74) is 1.05. The fourth-order valence-corrected chi connectivity index (χ4v) is 4.55. The van der Waals surface area contributed by atoms with E-state index in [9.17, 15) is 4.79 Å². The lowest BCUT2D eigenvalue weighted by Crippen LogP contribution is -2.51. The third-order valence-corrected chi connectivity index (χ3v) is 6.43. The van der Waals surface area contributed by atoms with Gasteiger partial charge in [0.25, 0.3) is 0 Å². The van der Waals surface area contributed by atoms with Crippen LogP contribution in [0.5, 0.6) is 0 Å². The van der Waals surface area contributed by atoms with Crippen molar-refractivity contribution in [2.75, 3.05) is 31.1 Å². The van der Waals surface area contributed by atoms with Gasteiger partial charge in [-0.3, -0.25) is 9.69 Å². The Balaban J connectivity index is 1.33. The highest BCUT2D eigenvalue weighted by molar-refractivity contribution is 5.79. The summed E-state index contributed by atoms with van der Waals surface area (Å²) in [7, 11) is 0. The number of carbonyl (C=O) groups excluding carboxylic acids is 1. The molecule has 28 heavy (non-hydrogen) atoms. The van der Waals surface area contributed by atoms with Gasteiger partial charge in [0.05, 0.1) is 5.92 Å². The maximum atomic E-state index is 12.5. The minimum Gasteiger partial charge on any atom is -0.356 e. The van der Waals surface area contributed by atoms with Crippen LogP contribution in [0.1, 0.15) is 69.8 Å². The fourth-order valence-electron chi connectivity index (χ4n) is 4.55. The Morgan fingerprint density at radius 1 is 1.11 bits per heavy atom. The summed E-state index contributed by atoms with van der Waals surface area (Å²) in [5, 5.41) is 3.21. The van der Waals surface area contributed by atoms with Crippen LogP contribution in [0.15, 0.2) is 6.07 Å². The van der Waals surface area contributed by atoms with Gasteiger partial charge in [-0.2, -0.15) is 0 Å². The third kappa shape index (κ3) is 4.65. The van der Waals surface area contributed by atoms with Crippen LogP contribution in [-0.2, 0) is 4.79 Å². The van der Waals surface area contributed by atoms with Crippen molar-refractivity contribution >= 4 is 11.7 Å². The summed E-state index contributed by atoms with van der Waals surface area (Å²) < 4.78 is 0. The first-order chi connectivity index (χ1) is 13.5. The molecule has 1 saturated carbocycles. The normalized spacial score (nSPS) is 24.6. The molecule has 0 spiro atoms. The van der Waals surface area contributed by atoms with E-state index in [1.54, 1.807) is 0 Å². The second kappa shape index (κ2) is 8.36. The van der Waals surface area contributed by atoms with Crippen LogP contribution in [0.25, 0.3) is 0 Å². The zero-order valence-electron chi connectivity index (χ0n) is 17.7. The highest BCUT2D eigenvalue weighted by Crippen LogP contribution is 2.27. The summed E-state index contributed by atoms with van der Waals surface area (Å²) >= 11 is 0. The maximum Gasteiger partial charge on any atom is 0.224 e. The number of carbonyl (C=O) groups is 1. The van der Waals surface area contributed by atoms with E-state index in [0.717, 1.165) is 69.2 Å². The topological polar surface area (TPSA) is 61.4 Å². The molecule has 1 aliphatic carbocycles. The van der Waals surface area contributed by atoms with E-state index in [1.807, 2.05) is 0 Å². The molecule has 3 heterocycles. The third-order valence-electron chi connectivity index (χ3n) is 6.43. The molecule has 4 rings (SSSR count). The Morgan fingerprint density at radius 2 is 1.86 bits per heavy atom. The van der Waals surface area contributed by atoms with E-state index in [4.69, 9.17) is 4.98 Å². The van der Waals surface area contributed by atoms with Crippen molar-refractivity contribution in [1.82, 2.24) is 20.2 Å².